The van der Waals surface area contributed by atoms with E-state index in [1.165, 1.54) is 0 Å². The summed E-state index contributed by atoms with van der Waals surface area (Å²) in [6, 6.07) is 12.2. The van der Waals surface area contributed by atoms with Crippen molar-refractivity contribution in [3.05, 3.63) is 41.5 Å². The van der Waals surface area contributed by atoms with Crippen molar-refractivity contribution in [1.29, 1.82) is 5.26 Å². The van der Waals surface area contributed by atoms with Crippen molar-refractivity contribution in [2.24, 2.45) is 11.1 Å². The minimum absolute atomic E-state index is 0.0383. The highest BCUT2D eigenvalue weighted by atomic mass is 32.2. The summed E-state index contributed by atoms with van der Waals surface area (Å²) < 4.78 is 24.8. The lowest BCUT2D eigenvalue weighted by Gasteiger charge is -2.34. The molecule has 27 heavy (non-hydrogen) atoms. The van der Waals surface area contributed by atoms with E-state index in [0.29, 0.717) is 11.2 Å². The predicted molar refractivity (Wildman–Crippen MR) is 105 cm³/mol. The van der Waals surface area contributed by atoms with Gasteiger partial charge in [-0.25, -0.2) is 18.5 Å². The molecule has 0 amide bonds. The van der Waals surface area contributed by atoms with Gasteiger partial charge in [0.2, 0.25) is 10.0 Å². The van der Waals surface area contributed by atoms with Crippen molar-refractivity contribution in [1.82, 2.24) is 9.38 Å². The van der Waals surface area contributed by atoms with E-state index in [1.54, 1.807) is 0 Å². The number of primary sulfonamides is 1. The van der Waals surface area contributed by atoms with Crippen LogP contribution in [0.15, 0.2) is 30.3 Å². The number of hydrogen-bond acceptors (Lipinski definition) is 5. The van der Waals surface area contributed by atoms with Gasteiger partial charge in [-0.05, 0) is 49.4 Å². The maximum Gasteiger partial charge on any atom is 0.209 e. The van der Waals surface area contributed by atoms with Crippen molar-refractivity contribution in [3.8, 4) is 6.07 Å². The molecule has 2 aromatic heterocycles. The quantitative estimate of drug-likeness (QED) is 0.746. The number of nitriles is 1. The van der Waals surface area contributed by atoms with Gasteiger partial charge >= 0.3 is 0 Å². The number of aromatic nitrogens is 2. The lowest BCUT2D eigenvalue weighted by Crippen LogP contribution is -2.38. The van der Waals surface area contributed by atoms with Gasteiger partial charge in [0, 0.05) is 13.1 Å². The molecule has 0 radical (unpaired) electrons. The molecule has 0 atom stereocenters. The van der Waals surface area contributed by atoms with Crippen LogP contribution in [0.3, 0.4) is 0 Å². The highest BCUT2D eigenvalue weighted by Gasteiger charge is 2.25. The number of benzene rings is 1. The fourth-order valence-corrected chi connectivity index (χ4v) is 4.95. The number of imidazole rings is 1. The number of hydrogen-bond donors (Lipinski definition) is 1. The molecule has 8 heteroatoms. The summed E-state index contributed by atoms with van der Waals surface area (Å²) in [6.45, 7) is 3.41. The van der Waals surface area contributed by atoms with Gasteiger partial charge in [-0.1, -0.05) is 12.1 Å². The summed E-state index contributed by atoms with van der Waals surface area (Å²) in [7, 11) is -3.45. The Balaban J connectivity index is 1.78. The summed E-state index contributed by atoms with van der Waals surface area (Å²) in [4.78, 5) is 6.93. The van der Waals surface area contributed by atoms with Crippen LogP contribution in [0.25, 0.3) is 16.7 Å². The normalized spacial score (nSPS) is 16.1. The van der Waals surface area contributed by atoms with Gasteiger partial charge in [0.15, 0.2) is 5.65 Å². The SMILES string of the molecule is Cc1cc(N2CCC(CS(N)(=O)=O)CC2)n2c(nc3ccccc32)c1C#N. The van der Waals surface area contributed by atoms with Crippen LogP contribution in [0.4, 0.5) is 5.82 Å². The predicted octanol–water partition coefficient (Wildman–Crippen LogP) is 2.17. The first-order chi connectivity index (χ1) is 12.9. The molecule has 140 valence electrons. The Morgan fingerprint density at radius 2 is 2.00 bits per heavy atom. The molecular weight excluding hydrogens is 362 g/mol. The standard InChI is InChI=1S/C19H21N5O2S/c1-13-10-18(23-8-6-14(7-9-23)12-27(21,25)26)24-17-5-3-2-4-16(17)22-19(24)15(13)11-20/h2-5,10,14H,6-9,12H2,1H3,(H2,21,25,26). The first kappa shape index (κ1) is 17.8. The Hall–Kier alpha value is -2.63. The van der Waals surface area contributed by atoms with E-state index in [9.17, 15) is 13.7 Å². The lowest BCUT2D eigenvalue weighted by atomic mass is 9.99. The van der Waals surface area contributed by atoms with E-state index in [4.69, 9.17) is 5.14 Å². The van der Waals surface area contributed by atoms with Crippen LogP contribution in [0.5, 0.6) is 0 Å². The smallest absolute Gasteiger partial charge is 0.209 e. The third-order valence-electron chi connectivity index (χ3n) is 5.27. The Bertz CT molecular complexity index is 1170. The van der Waals surface area contributed by atoms with Gasteiger partial charge in [0.25, 0.3) is 0 Å². The summed E-state index contributed by atoms with van der Waals surface area (Å²) in [5, 5.41) is 14.8. The van der Waals surface area contributed by atoms with Crippen LogP contribution in [0.1, 0.15) is 24.0 Å². The van der Waals surface area contributed by atoms with Crippen molar-refractivity contribution < 1.29 is 8.42 Å². The number of pyridine rings is 1. The van der Waals surface area contributed by atoms with Crippen LogP contribution < -0.4 is 10.0 Å². The van der Waals surface area contributed by atoms with Crippen LogP contribution in [-0.4, -0.2) is 36.6 Å². The molecule has 0 spiro atoms. The zero-order chi connectivity index (χ0) is 19.2. The Kier molecular flexibility index (Phi) is 4.29. The number of nitrogens with two attached hydrogens (primary N) is 1. The van der Waals surface area contributed by atoms with Gasteiger partial charge < -0.3 is 4.90 Å². The second-order valence-electron chi connectivity index (χ2n) is 7.19. The Labute approximate surface area is 158 Å². The number of piperidine rings is 1. The van der Waals surface area contributed by atoms with Crippen LogP contribution >= 0.6 is 0 Å². The average Bonchev–Trinajstić information content (AvgIpc) is 2.99. The van der Waals surface area contributed by atoms with Gasteiger partial charge in [-0.3, -0.25) is 4.40 Å². The molecule has 1 fully saturated rings. The number of fused-ring (bicyclic) bond motifs is 3. The molecule has 1 aliphatic heterocycles. The van der Waals surface area contributed by atoms with Crippen LogP contribution in [0, 0.1) is 24.2 Å². The third kappa shape index (κ3) is 3.24. The lowest BCUT2D eigenvalue weighted by molar-refractivity contribution is 0.433. The van der Waals surface area contributed by atoms with Gasteiger partial charge in [0.1, 0.15) is 11.9 Å². The summed E-state index contributed by atoms with van der Waals surface area (Å²) in [5.41, 5.74) is 3.96. The molecule has 0 saturated carbocycles. The van der Waals surface area contributed by atoms with E-state index in [-0.39, 0.29) is 11.7 Å². The summed E-state index contributed by atoms with van der Waals surface area (Å²) in [6.07, 6.45) is 1.53. The first-order valence-electron chi connectivity index (χ1n) is 8.93. The molecule has 1 aliphatic rings. The maximum absolute atomic E-state index is 11.4. The van der Waals surface area contributed by atoms with E-state index in [0.717, 1.165) is 48.3 Å². The molecule has 3 aromatic rings. The van der Waals surface area contributed by atoms with E-state index in [2.05, 4.69) is 16.0 Å². The van der Waals surface area contributed by atoms with E-state index < -0.39 is 10.0 Å². The van der Waals surface area contributed by atoms with Crippen molar-refractivity contribution in [2.45, 2.75) is 19.8 Å². The van der Waals surface area contributed by atoms with Crippen LogP contribution in [-0.2, 0) is 10.0 Å². The van der Waals surface area contributed by atoms with Crippen molar-refractivity contribution in [3.63, 3.8) is 0 Å². The second kappa shape index (κ2) is 6.51. The van der Waals surface area contributed by atoms with Gasteiger partial charge in [0.05, 0.1) is 22.3 Å². The average molecular weight is 383 g/mol. The molecule has 0 bridgehead atoms. The largest absolute Gasteiger partial charge is 0.358 e. The monoisotopic (exact) mass is 383 g/mol. The third-order valence-corrected chi connectivity index (χ3v) is 6.21. The number of anilines is 1. The number of para-hydroxylation sites is 2. The maximum atomic E-state index is 11.4. The molecule has 7 nitrogen and oxygen atoms in total. The Morgan fingerprint density at radius 3 is 2.67 bits per heavy atom. The van der Waals surface area contributed by atoms with Crippen LogP contribution in [0.2, 0.25) is 0 Å². The first-order valence-corrected chi connectivity index (χ1v) is 10.7. The van der Waals surface area contributed by atoms with Crippen molar-refractivity contribution >= 4 is 32.5 Å². The second-order valence-corrected chi connectivity index (χ2v) is 8.85. The molecule has 4 rings (SSSR count). The van der Waals surface area contributed by atoms with Gasteiger partial charge in [-0.15, -0.1) is 0 Å². The van der Waals surface area contributed by atoms with Crippen molar-refractivity contribution in [2.75, 3.05) is 23.7 Å². The number of rotatable bonds is 3. The molecule has 0 unspecified atom stereocenters. The molecule has 3 heterocycles. The zero-order valence-corrected chi connectivity index (χ0v) is 15.9. The molecule has 0 aliphatic carbocycles. The molecular formula is C19H21N5O2S. The molecule has 2 N–H and O–H groups in total. The highest BCUT2D eigenvalue weighted by Crippen LogP contribution is 2.31. The Morgan fingerprint density at radius 1 is 1.30 bits per heavy atom. The van der Waals surface area contributed by atoms with Gasteiger partial charge in [-0.2, -0.15) is 5.26 Å². The summed E-state index contributed by atoms with van der Waals surface area (Å²) >= 11 is 0. The van der Waals surface area contributed by atoms with E-state index in [1.807, 2.05) is 41.7 Å². The topological polar surface area (TPSA) is 104 Å². The van der Waals surface area contributed by atoms with E-state index >= 15 is 0 Å². The molecule has 1 saturated heterocycles. The fourth-order valence-electron chi connectivity index (χ4n) is 3.96. The number of nitrogens with zero attached hydrogens (tertiary/aromatic N) is 4. The highest BCUT2D eigenvalue weighted by molar-refractivity contribution is 7.89. The summed E-state index contributed by atoms with van der Waals surface area (Å²) in [5.74, 6) is 1.12. The number of sulfonamides is 1. The minimum Gasteiger partial charge on any atom is -0.358 e. The molecule has 1 aromatic carbocycles. The fraction of sp³-hybridized carbons (Fsp3) is 0.368. The minimum atomic E-state index is -3.45. The number of aryl methyl sites for hydroxylation is 1. The zero-order valence-electron chi connectivity index (χ0n) is 15.1.